The molecule has 0 atom stereocenters. The molecule has 0 saturated carbocycles. The third-order valence-corrected chi connectivity index (χ3v) is 3.76. The van der Waals surface area contributed by atoms with Gasteiger partial charge in [0.05, 0.1) is 23.0 Å². The molecule has 21 heavy (non-hydrogen) atoms. The van der Waals surface area contributed by atoms with Crippen molar-refractivity contribution in [1.82, 2.24) is 10.2 Å². The molecule has 112 valence electrons. The van der Waals surface area contributed by atoms with E-state index in [2.05, 4.69) is 15.5 Å². The van der Waals surface area contributed by atoms with Crippen LogP contribution in [0.2, 0.25) is 5.02 Å². The molecule has 0 unspecified atom stereocenters. The van der Waals surface area contributed by atoms with Gasteiger partial charge in [0.15, 0.2) is 0 Å². The maximum absolute atomic E-state index is 11.9. The van der Waals surface area contributed by atoms with Crippen molar-refractivity contribution >= 4 is 35.0 Å². The number of anilines is 1. The SMILES string of the molecule is Cc1cc(C)c(NC(=O)CSc2nnc(CN)o2)c(Cl)c1. The number of nitrogens with two attached hydrogens (primary N) is 1. The number of nitrogens with zero attached hydrogens (tertiary/aromatic N) is 2. The minimum absolute atomic E-state index is 0.149. The third kappa shape index (κ3) is 4.20. The smallest absolute Gasteiger partial charge is 0.277 e. The largest absolute Gasteiger partial charge is 0.415 e. The fourth-order valence-corrected chi connectivity index (χ4v) is 2.70. The average molecular weight is 327 g/mol. The summed E-state index contributed by atoms with van der Waals surface area (Å²) in [5, 5.41) is 11.1. The first kappa shape index (κ1) is 15.8. The molecule has 0 spiro atoms. The van der Waals surface area contributed by atoms with Crippen LogP contribution in [0.3, 0.4) is 0 Å². The Morgan fingerprint density at radius 1 is 1.43 bits per heavy atom. The number of rotatable bonds is 5. The molecule has 1 amide bonds. The first-order valence-corrected chi connectivity index (χ1v) is 7.57. The second-order valence-electron chi connectivity index (χ2n) is 4.44. The van der Waals surface area contributed by atoms with Gasteiger partial charge in [-0.1, -0.05) is 29.4 Å². The number of hydrogen-bond acceptors (Lipinski definition) is 6. The molecule has 2 aromatic rings. The molecular formula is C13H15ClN4O2S. The van der Waals surface area contributed by atoms with E-state index in [1.807, 2.05) is 26.0 Å². The standard InChI is InChI=1S/C13H15ClN4O2S/c1-7-3-8(2)12(9(14)4-7)16-10(19)6-21-13-18-17-11(5-15)20-13/h3-4H,5-6,15H2,1-2H3,(H,16,19). The maximum Gasteiger partial charge on any atom is 0.277 e. The Morgan fingerprint density at radius 2 is 2.19 bits per heavy atom. The van der Waals surface area contributed by atoms with Crippen LogP contribution < -0.4 is 11.1 Å². The highest BCUT2D eigenvalue weighted by atomic mass is 35.5. The lowest BCUT2D eigenvalue weighted by Gasteiger charge is -2.11. The Morgan fingerprint density at radius 3 is 2.81 bits per heavy atom. The number of aromatic nitrogens is 2. The van der Waals surface area contributed by atoms with Gasteiger partial charge < -0.3 is 15.5 Å². The topological polar surface area (TPSA) is 94.0 Å². The monoisotopic (exact) mass is 326 g/mol. The number of amides is 1. The van der Waals surface area contributed by atoms with Gasteiger partial charge in [-0.3, -0.25) is 4.79 Å². The summed E-state index contributed by atoms with van der Waals surface area (Å²) < 4.78 is 5.21. The van der Waals surface area contributed by atoms with Crippen molar-refractivity contribution in [3.63, 3.8) is 0 Å². The summed E-state index contributed by atoms with van der Waals surface area (Å²) in [6, 6.07) is 3.77. The minimum Gasteiger partial charge on any atom is -0.415 e. The van der Waals surface area contributed by atoms with Crippen molar-refractivity contribution < 1.29 is 9.21 Å². The second kappa shape index (κ2) is 6.93. The van der Waals surface area contributed by atoms with E-state index in [1.54, 1.807) is 0 Å². The van der Waals surface area contributed by atoms with Crippen molar-refractivity contribution in [2.45, 2.75) is 25.6 Å². The zero-order valence-corrected chi connectivity index (χ0v) is 13.2. The molecule has 1 aromatic heterocycles. The number of halogens is 1. The van der Waals surface area contributed by atoms with E-state index in [4.69, 9.17) is 21.8 Å². The molecule has 0 aliphatic heterocycles. The zero-order valence-electron chi connectivity index (χ0n) is 11.6. The van der Waals surface area contributed by atoms with Crippen molar-refractivity contribution in [2.75, 3.05) is 11.1 Å². The fourth-order valence-electron chi connectivity index (χ4n) is 1.76. The normalized spacial score (nSPS) is 10.7. The molecule has 6 nitrogen and oxygen atoms in total. The van der Waals surface area contributed by atoms with Gasteiger partial charge in [-0.2, -0.15) is 0 Å². The zero-order chi connectivity index (χ0) is 15.4. The van der Waals surface area contributed by atoms with Crippen LogP contribution in [0, 0.1) is 13.8 Å². The highest BCUT2D eigenvalue weighted by Crippen LogP contribution is 2.27. The maximum atomic E-state index is 11.9. The quantitative estimate of drug-likeness (QED) is 0.820. The van der Waals surface area contributed by atoms with Crippen LogP contribution in [0.1, 0.15) is 17.0 Å². The predicted molar refractivity (Wildman–Crippen MR) is 82.5 cm³/mol. The molecule has 3 N–H and O–H groups in total. The molecule has 0 radical (unpaired) electrons. The van der Waals surface area contributed by atoms with E-state index in [-0.39, 0.29) is 18.2 Å². The van der Waals surface area contributed by atoms with Gasteiger partial charge in [0, 0.05) is 0 Å². The fraction of sp³-hybridized carbons (Fsp3) is 0.308. The molecule has 0 aliphatic rings. The van der Waals surface area contributed by atoms with Crippen LogP contribution in [0.4, 0.5) is 5.69 Å². The van der Waals surface area contributed by atoms with Crippen LogP contribution in [0.5, 0.6) is 0 Å². The summed E-state index contributed by atoms with van der Waals surface area (Å²) in [6.07, 6.45) is 0. The molecular weight excluding hydrogens is 312 g/mol. The minimum atomic E-state index is -0.193. The van der Waals surface area contributed by atoms with Gasteiger partial charge in [-0.15, -0.1) is 10.2 Å². The van der Waals surface area contributed by atoms with E-state index in [0.29, 0.717) is 21.8 Å². The molecule has 0 bridgehead atoms. The molecule has 1 aromatic carbocycles. The van der Waals surface area contributed by atoms with Crippen LogP contribution in [-0.4, -0.2) is 21.9 Å². The molecule has 0 aliphatic carbocycles. The third-order valence-electron chi connectivity index (χ3n) is 2.65. The van der Waals surface area contributed by atoms with Gasteiger partial charge in [-0.05, 0) is 31.0 Å². The second-order valence-corrected chi connectivity index (χ2v) is 5.78. The number of benzene rings is 1. The number of carbonyl (C=O) groups excluding carboxylic acids is 1. The van der Waals surface area contributed by atoms with Gasteiger partial charge in [-0.25, -0.2) is 0 Å². The Hall–Kier alpha value is -1.57. The first-order chi connectivity index (χ1) is 9.99. The number of thioether (sulfide) groups is 1. The van der Waals surface area contributed by atoms with E-state index >= 15 is 0 Å². The van der Waals surface area contributed by atoms with Gasteiger partial charge >= 0.3 is 0 Å². The van der Waals surface area contributed by atoms with E-state index < -0.39 is 0 Å². The Balaban J connectivity index is 1.96. The van der Waals surface area contributed by atoms with Crippen molar-refractivity contribution in [1.29, 1.82) is 0 Å². The summed E-state index contributed by atoms with van der Waals surface area (Å²) in [4.78, 5) is 11.9. The lowest BCUT2D eigenvalue weighted by molar-refractivity contribution is -0.113. The highest BCUT2D eigenvalue weighted by Gasteiger charge is 2.12. The van der Waals surface area contributed by atoms with Crippen LogP contribution in [0.15, 0.2) is 21.8 Å². The summed E-state index contributed by atoms with van der Waals surface area (Å²) in [5.41, 5.74) is 7.96. The lowest BCUT2D eigenvalue weighted by Crippen LogP contribution is -2.15. The van der Waals surface area contributed by atoms with Gasteiger partial charge in [0.2, 0.25) is 11.8 Å². The van der Waals surface area contributed by atoms with Crippen molar-refractivity contribution in [3.8, 4) is 0 Å². The van der Waals surface area contributed by atoms with Crippen LogP contribution >= 0.6 is 23.4 Å². The number of nitrogens with one attached hydrogen (secondary N) is 1. The average Bonchev–Trinajstić information content (AvgIpc) is 2.88. The van der Waals surface area contributed by atoms with Crippen molar-refractivity contribution in [2.24, 2.45) is 5.73 Å². The number of carbonyl (C=O) groups is 1. The summed E-state index contributed by atoms with van der Waals surface area (Å²) >= 11 is 7.29. The molecule has 2 rings (SSSR count). The highest BCUT2D eigenvalue weighted by molar-refractivity contribution is 7.99. The summed E-state index contributed by atoms with van der Waals surface area (Å²) in [6.45, 7) is 4.02. The Bertz CT molecular complexity index is 636. The molecule has 0 fully saturated rings. The van der Waals surface area contributed by atoms with Crippen molar-refractivity contribution in [3.05, 3.63) is 34.2 Å². The van der Waals surface area contributed by atoms with Gasteiger partial charge in [0.1, 0.15) is 0 Å². The Labute approximate surface area is 131 Å². The molecule has 0 saturated heterocycles. The molecule has 8 heteroatoms. The Kier molecular flexibility index (Phi) is 5.22. The lowest BCUT2D eigenvalue weighted by atomic mass is 10.1. The van der Waals surface area contributed by atoms with E-state index in [1.165, 1.54) is 0 Å². The van der Waals surface area contributed by atoms with Gasteiger partial charge in [0.25, 0.3) is 5.22 Å². The molecule has 1 heterocycles. The van der Waals surface area contributed by atoms with E-state index in [9.17, 15) is 4.79 Å². The number of aryl methyl sites for hydroxylation is 2. The first-order valence-electron chi connectivity index (χ1n) is 6.21. The summed E-state index contributed by atoms with van der Waals surface area (Å²) in [7, 11) is 0. The van der Waals surface area contributed by atoms with Crippen LogP contribution in [-0.2, 0) is 11.3 Å². The number of hydrogen-bond donors (Lipinski definition) is 2. The summed E-state index contributed by atoms with van der Waals surface area (Å²) in [5.74, 6) is 0.298. The van der Waals surface area contributed by atoms with E-state index in [0.717, 1.165) is 22.9 Å². The van der Waals surface area contributed by atoms with Crippen LogP contribution in [0.25, 0.3) is 0 Å². The predicted octanol–water partition coefficient (Wildman–Crippen LogP) is 2.53.